The smallest absolute Gasteiger partial charge is 0.293 e. The number of aromatic amines is 1. The minimum atomic E-state index is -0.390. The second-order valence-corrected chi connectivity index (χ2v) is 5.63. The Hall–Kier alpha value is -1.89. The first-order valence-corrected chi connectivity index (χ1v) is 6.96. The maximum absolute atomic E-state index is 11.0. The molecule has 106 valence electrons. The number of rotatable bonds is 5. The molecule has 0 saturated carbocycles. The van der Waals surface area contributed by atoms with Crippen LogP contribution in [-0.2, 0) is 6.42 Å². The van der Waals surface area contributed by atoms with E-state index in [0.717, 1.165) is 11.4 Å². The van der Waals surface area contributed by atoms with Crippen LogP contribution in [0.25, 0.3) is 0 Å². The van der Waals surface area contributed by atoms with Crippen molar-refractivity contribution in [2.75, 3.05) is 5.32 Å². The summed E-state index contributed by atoms with van der Waals surface area (Å²) in [5.74, 6) is 0. The zero-order valence-electron chi connectivity index (χ0n) is 11.2. The molecule has 6 nitrogen and oxygen atoms in total. The highest BCUT2D eigenvalue weighted by Gasteiger charge is 2.16. The van der Waals surface area contributed by atoms with Gasteiger partial charge in [0, 0.05) is 28.7 Å². The van der Waals surface area contributed by atoms with Gasteiger partial charge in [0.15, 0.2) is 0 Å². The fourth-order valence-electron chi connectivity index (χ4n) is 1.99. The molecule has 2 aromatic rings. The lowest BCUT2D eigenvalue weighted by atomic mass is 10.1. The van der Waals surface area contributed by atoms with Crippen molar-refractivity contribution in [3.63, 3.8) is 0 Å². The van der Waals surface area contributed by atoms with Crippen molar-refractivity contribution in [2.24, 2.45) is 0 Å². The van der Waals surface area contributed by atoms with Crippen LogP contribution in [0, 0.1) is 17.0 Å². The molecule has 1 aromatic carbocycles. The molecule has 20 heavy (non-hydrogen) atoms. The minimum Gasteiger partial charge on any atom is -0.377 e. The molecule has 7 heteroatoms. The molecule has 2 rings (SSSR count). The van der Waals surface area contributed by atoms with Gasteiger partial charge in [-0.2, -0.15) is 5.10 Å². The molecule has 0 spiro atoms. The summed E-state index contributed by atoms with van der Waals surface area (Å²) in [6.45, 7) is 3.91. The van der Waals surface area contributed by atoms with Gasteiger partial charge in [0.25, 0.3) is 5.69 Å². The number of halogens is 1. The number of H-pyrrole nitrogens is 1. The van der Waals surface area contributed by atoms with Crippen molar-refractivity contribution in [2.45, 2.75) is 26.3 Å². The molecule has 0 aliphatic heterocycles. The Kier molecular flexibility index (Phi) is 4.39. The number of benzene rings is 1. The number of aromatic nitrogens is 2. The van der Waals surface area contributed by atoms with Crippen molar-refractivity contribution in [1.29, 1.82) is 0 Å². The third kappa shape index (κ3) is 3.57. The SMILES string of the molecule is Cc1cc(CC(C)Nc2ccc(Br)cc2[N+](=O)[O-])n[nH]1. The number of nitro benzene ring substituents is 1. The Morgan fingerprint density at radius 2 is 2.25 bits per heavy atom. The van der Waals surface area contributed by atoms with E-state index in [0.29, 0.717) is 16.6 Å². The van der Waals surface area contributed by atoms with Gasteiger partial charge in [-0.05, 0) is 32.0 Å². The number of anilines is 1. The summed E-state index contributed by atoms with van der Waals surface area (Å²) < 4.78 is 0.685. The Morgan fingerprint density at radius 1 is 1.50 bits per heavy atom. The Morgan fingerprint density at radius 3 is 2.85 bits per heavy atom. The molecule has 0 fully saturated rings. The molecule has 0 aliphatic carbocycles. The van der Waals surface area contributed by atoms with Gasteiger partial charge in [0.05, 0.1) is 10.6 Å². The summed E-state index contributed by atoms with van der Waals surface area (Å²) in [4.78, 5) is 10.7. The summed E-state index contributed by atoms with van der Waals surface area (Å²) in [6, 6.07) is 6.98. The van der Waals surface area contributed by atoms with E-state index >= 15 is 0 Å². The number of nitrogens with one attached hydrogen (secondary N) is 2. The van der Waals surface area contributed by atoms with E-state index in [9.17, 15) is 10.1 Å². The largest absolute Gasteiger partial charge is 0.377 e. The van der Waals surface area contributed by atoms with Crippen LogP contribution in [0.1, 0.15) is 18.3 Å². The monoisotopic (exact) mass is 338 g/mol. The third-order valence-electron chi connectivity index (χ3n) is 2.83. The molecule has 0 aliphatic rings. The van der Waals surface area contributed by atoms with Crippen LogP contribution >= 0.6 is 15.9 Å². The van der Waals surface area contributed by atoms with Crippen LogP contribution < -0.4 is 5.32 Å². The highest BCUT2D eigenvalue weighted by molar-refractivity contribution is 9.10. The van der Waals surface area contributed by atoms with Gasteiger partial charge in [-0.15, -0.1) is 0 Å². The van der Waals surface area contributed by atoms with Crippen molar-refractivity contribution in [3.8, 4) is 0 Å². The van der Waals surface area contributed by atoms with Gasteiger partial charge in [0.2, 0.25) is 0 Å². The average molecular weight is 339 g/mol. The zero-order valence-corrected chi connectivity index (χ0v) is 12.8. The molecule has 0 amide bonds. The number of nitro groups is 1. The molecule has 0 radical (unpaired) electrons. The van der Waals surface area contributed by atoms with Crippen molar-refractivity contribution < 1.29 is 4.92 Å². The molecule has 1 atom stereocenters. The molecule has 0 saturated heterocycles. The van der Waals surface area contributed by atoms with Crippen LogP contribution in [-0.4, -0.2) is 21.2 Å². The molecular weight excluding hydrogens is 324 g/mol. The first-order chi connectivity index (χ1) is 9.45. The van der Waals surface area contributed by atoms with Crippen LogP contribution in [0.15, 0.2) is 28.7 Å². The van der Waals surface area contributed by atoms with E-state index < -0.39 is 4.92 Å². The van der Waals surface area contributed by atoms with Gasteiger partial charge >= 0.3 is 0 Å². The van der Waals surface area contributed by atoms with E-state index in [1.165, 1.54) is 6.07 Å². The number of aryl methyl sites for hydroxylation is 1. The Balaban J connectivity index is 2.11. The second-order valence-electron chi connectivity index (χ2n) is 4.71. The maximum Gasteiger partial charge on any atom is 0.293 e. The minimum absolute atomic E-state index is 0.0394. The number of hydrogen-bond acceptors (Lipinski definition) is 4. The quantitative estimate of drug-likeness (QED) is 0.646. The van der Waals surface area contributed by atoms with E-state index in [1.54, 1.807) is 12.1 Å². The lowest BCUT2D eigenvalue weighted by Gasteiger charge is -2.14. The predicted molar refractivity (Wildman–Crippen MR) is 80.9 cm³/mol. The Labute approximate surface area is 124 Å². The van der Waals surface area contributed by atoms with E-state index in [4.69, 9.17) is 0 Å². The van der Waals surface area contributed by atoms with Crippen LogP contribution in [0.2, 0.25) is 0 Å². The summed E-state index contributed by atoms with van der Waals surface area (Å²) in [6.07, 6.45) is 0.692. The molecule has 1 unspecified atom stereocenters. The van der Waals surface area contributed by atoms with Crippen molar-refractivity contribution in [3.05, 3.63) is 50.2 Å². The lowest BCUT2D eigenvalue weighted by molar-refractivity contribution is -0.384. The number of hydrogen-bond donors (Lipinski definition) is 2. The average Bonchev–Trinajstić information content (AvgIpc) is 2.76. The van der Waals surface area contributed by atoms with Gasteiger partial charge < -0.3 is 5.32 Å². The summed E-state index contributed by atoms with van der Waals surface area (Å²) >= 11 is 3.24. The molecular formula is C13H15BrN4O2. The maximum atomic E-state index is 11.0. The van der Waals surface area contributed by atoms with Crippen LogP contribution in [0.3, 0.4) is 0 Å². The highest BCUT2D eigenvalue weighted by Crippen LogP contribution is 2.28. The first-order valence-electron chi connectivity index (χ1n) is 6.17. The molecule has 1 heterocycles. The van der Waals surface area contributed by atoms with Gasteiger partial charge in [-0.1, -0.05) is 15.9 Å². The Bertz CT molecular complexity index is 627. The van der Waals surface area contributed by atoms with Crippen LogP contribution in [0.4, 0.5) is 11.4 Å². The molecule has 1 aromatic heterocycles. The standard InChI is InChI=1S/C13H15BrN4O2/c1-8(5-11-6-9(2)16-17-11)15-12-4-3-10(14)7-13(12)18(19)20/h3-4,6-8,15H,5H2,1-2H3,(H,16,17). The summed E-state index contributed by atoms with van der Waals surface area (Å²) in [5.41, 5.74) is 2.51. The molecule has 0 bridgehead atoms. The fourth-order valence-corrected chi connectivity index (χ4v) is 2.34. The lowest BCUT2D eigenvalue weighted by Crippen LogP contribution is -2.19. The fraction of sp³-hybridized carbons (Fsp3) is 0.308. The van der Waals surface area contributed by atoms with Crippen LogP contribution in [0.5, 0.6) is 0 Å². The number of nitrogens with zero attached hydrogens (tertiary/aromatic N) is 2. The van der Waals surface area contributed by atoms with Crippen molar-refractivity contribution in [1.82, 2.24) is 10.2 Å². The second kappa shape index (κ2) is 6.04. The van der Waals surface area contributed by atoms with Gasteiger partial charge in [0.1, 0.15) is 5.69 Å². The summed E-state index contributed by atoms with van der Waals surface area (Å²) in [5, 5.41) is 21.3. The van der Waals surface area contributed by atoms with E-state index in [-0.39, 0.29) is 11.7 Å². The highest BCUT2D eigenvalue weighted by atomic mass is 79.9. The van der Waals surface area contributed by atoms with E-state index in [1.807, 2.05) is 19.9 Å². The summed E-state index contributed by atoms with van der Waals surface area (Å²) in [7, 11) is 0. The third-order valence-corrected chi connectivity index (χ3v) is 3.33. The van der Waals surface area contributed by atoms with E-state index in [2.05, 4.69) is 31.4 Å². The van der Waals surface area contributed by atoms with Crippen molar-refractivity contribution >= 4 is 27.3 Å². The van der Waals surface area contributed by atoms with Gasteiger partial charge in [-0.3, -0.25) is 15.2 Å². The zero-order chi connectivity index (χ0) is 14.7. The predicted octanol–water partition coefficient (Wildman–Crippen LogP) is 3.43. The molecule has 2 N–H and O–H groups in total. The first kappa shape index (κ1) is 14.5. The topological polar surface area (TPSA) is 83.8 Å². The van der Waals surface area contributed by atoms with Gasteiger partial charge in [-0.25, -0.2) is 0 Å². The normalized spacial score (nSPS) is 12.2.